The monoisotopic (exact) mass is 566 g/mol. The number of nitrogens with zero attached hydrogens (tertiary/aromatic N) is 2. The number of halogens is 3. The van der Waals surface area contributed by atoms with Crippen molar-refractivity contribution >= 4 is 11.8 Å². The normalized spacial score (nSPS) is 17.8. The number of amides is 2. The van der Waals surface area contributed by atoms with Crippen LogP contribution in [0.4, 0.5) is 13.2 Å². The van der Waals surface area contributed by atoms with Crippen molar-refractivity contribution in [2.45, 2.75) is 85.6 Å². The molecule has 40 heavy (non-hydrogen) atoms. The average Bonchev–Trinajstić information content (AvgIpc) is 3.53. The Morgan fingerprint density at radius 3 is 2.08 bits per heavy atom. The third-order valence-corrected chi connectivity index (χ3v) is 5.86. The fraction of sp³-hybridized carbons (Fsp3) is 0.567. The third-order valence-electron chi connectivity index (χ3n) is 5.86. The van der Waals surface area contributed by atoms with Gasteiger partial charge in [0.25, 0.3) is 0 Å². The van der Waals surface area contributed by atoms with Gasteiger partial charge < -0.3 is 15.1 Å². The van der Waals surface area contributed by atoms with Gasteiger partial charge in [-0.1, -0.05) is 58.9 Å². The molecular formula is C30H45F3N4O3. The lowest BCUT2D eigenvalue weighted by atomic mass is 9.93. The first-order valence-electron chi connectivity index (χ1n) is 13.8. The highest BCUT2D eigenvalue weighted by Crippen LogP contribution is 2.33. The number of hydrogen-bond acceptors (Lipinski definition) is 5. The summed E-state index contributed by atoms with van der Waals surface area (Å²) >= 11 is 0. The molecular weight excluding hydrogens is 521 g/mol. The second kappa shape index (κ2) is 16.2. The van der Waals surface area contributed by atoms with Gasteiger partial charge in [-0.15, -0.1) is 13.2 Å². The van der Waals surface area contributed by atoms with E-state index < -0.39 is 24.0 Å². The van der Waals surface area contributed by atoms with Gasteiger partial charge in [0.1, 0.15) is 18.0 Å². The summed E-state index contributed by atoms with van der Waals surface area (Å²) in [6, 6.07) is 6.42. The van der Waals surface area contributed by atoms with Crippen molar-refractivity contribution < 1.29 is 27.2 Å². The molecule has 7 nitrogen and oxygen atoms in total. The predicted molar refractivity (Wildman–Crippen MR) is 151 cm³/mol. The number of aromatic nitrogens is 1. The van der Waals surface area contributed by atoms with Gasteiger partial charge >= 0.3 is 12.1 Å². The van der Waals surface area contributed by atoms with Crippen molar-refractivity contribution in [3.63, 3.8) is 0 Å². The molecule has 0 saturated carbocycles. The summed E-state index contributed by atoms with van der Waals surface area (Å²) in [5.41, 5.74) is 2.28. The Balaban J connectivity index is 0.000000902. The second-order valence-electron chi connectivity index (χ2n) is 10.4. The van der Waals surface area contributed by atoms with Crippen LogP contribution in [0.1, 0.15) is 77.2 Å². The second-order valence-corrected chi connectivity index (χ2v) is 10.4. The summed E-state index contributed by atoms with van der Waals surface area (Å²) in [6.45, 7) is 20.2. The molecule has 2 heterocycles. The number of benzene rings is 1. The lowest BCUT2D eigenvalue weighted by Crippen LogP contribution is -2.59. The van der Waals surface area contributed by atoms with Gasteiger partial charge in [-0.2, -0.15) is 13.2 Å². The van der Waals surface area contributed by atoms with Gasteiger partial charge in [-0.25, -0.2) is 4.98 Å². The average molecular weight is 567 g/mol. The Hall–Kier alpha value is -3.14. The molecule has 2 aliphatic rings. The maximum atomic E-state index is 13.0. The number of fused-ring (bicyclic) bond motifs is 1. The zero-order valence-corrected chi connectivity index (χ0v) is 24.8. The fourth-order valence-corrected chi connectivity index (χ4v) is 4.53. The van der Waals surface area contributed by atoms with Gasteiger partial charge in [0.05, 0.1) is 6.54 Å². The number of carbonyl (C=O) groups is 2. The minimum Gasteiger partial charge on any atom is -0.441 e. The molecule has 1 aromatic heterocycles. The van der Waals surface area contributed by atoms with E-state index in [9.17, 15) is 22.8 Å². The van der Waals surface area contributed by atoms with Crippen LogP contribution in [0.15, 0.2) is 48.1 Å². The summed E-state index contributed by atoms with van der Waals surface area (Å²) in [6.07, 6.45) is -2.34. The highest BCUT2D eigenvalue weighted by molar-refractivity contribution is 5.85. The summed E-state index contributed by atoms with van der Waals surface area (Å²) < 4.78 is 43.7. The van der Waals surface area contributed by atoms with Crippen molar-refractivity contribution in [1.29, 1.82) is 0 Å². The van der Waals surface area contributed by atoms with E-state index in [0.29, 0.717) is 6.54 Å². The maximum Gasteiger partial charge on any atom is 0.468 e. The molecule has 2 aromatic rings. The standard InChI is InChI=1S/C22H25F3N4O3.C4H10.C2H6.C2H4/c1-12(2)26-20(31)19(17-11-32-21(28-17)22(23,24)25)29-9-16(27-18(30)10-29)15-7-13-5-3-4-6-14(13)8-15;1-4(2)3;2*1-2/h3-6,11-12,15-16,19H,7-10H2,1-2H3,(H,26,31)(H,27,30);4H,1-3H3;1-2H3;1-2H2/t16?,19-;;;/m1.../s1. The van der Waals surface area contributed by atoms with E-state index in [1.54, 1.807) is 18.7 Å². The van der Waals surface area contributed by atoms with Gasteiger partial charge in [0, 0.05) is 18.6 Å². The zero-order chi connectivity index (χ0) is 30.6. The topological polar surface area (TPSA) is 87.5 Å². The molecule has 1 fully saturated rings. The summed E-state index contributed by atoms with van der Waals surface area (Å²) in [5.74, 6) is -1.25. The number of carbonyl (C=O) groups excluding carboxylic acids is 2. The van der Waals surface area contributed by atoms with E-state index in [2.05, 4.69) is 66.1 Å². The van der Waals surface area contributed by atoms with Gasteiger partial charge in [0.15, 0.2) is 0 Å². The highest BCUT2D eigenvalue weighted by atomic mass is 19.4. The summed E-state index contributed by atoms with van der Waals surface area (Å²) in [7, 11) is 0. The van der Waals surface area contributed by atoms with Crippen molar-refractivity contribution in [1.82, 2.24) is 20.5 Å². The molecule has 1 unspecified atom stereocenters. The first-order valence-corrected chi connectivity index (χ1v) is 13.8. The Labute approximate surface area is 236 Å². The minimum absolute atomic E-state index is 0.124. The first kappa shape index (κ1) is 34.9. The largest absolute Gasteiger partial charge is 0.468 e. The number of hydrogen-bond donors (Lipinski definition) is 2. The first-order chi connectivity index (χ1) is 18.8. The molecule has 0 radical (unpaired) electrons. The Morgan fingerprint density at radius 1 is 1.10 bits per heavy atom. The van der Waals surface area contributed by atoms with Crippen LogP contribution in [0.3, 0.4) is 0 Å². The number of nitrogens with one attached hydrogen (secondary N) is 2. The molecule has 4 rings (SSSR count). The van der Waals surface area contributed by atoms with Gasteiger partial charge in [-0.3, -0.25) is 14.5 Å². The SMILES string of the molecule is C=C.CC.CC(C)C.CC(C)NC(=O)[C@@H](c1coc(C(F)(F)F)n1)N1CC(=O)NC(C2Cc3ccccc3C2)C1. The molecule has 1 aliphatic heterocycles. The van der Waals surface area contributed by atoms with E-state index >= 15 is 0 Å². The van der Waals surface area contributed by atoms with Crippen molar-refractivity contribution in [3.05, 3.63) is 66.4 Å². The smallest absolute Gasteiger partial charge is 0.441 e. The molecule has 0 bridgehead atoms. The van der Waals surface area contributed by atoms with E-state index in [4.69, 9.17) is 0 Å². The number of piperazine rings is 1. The lowest BCUT2D eigenvalue weighted by molar-refractivity contribution is -0.157. The summed E-state index contributed by atoms with van der Waals surface area (Å²) in [5, 5.41) is 5.73. The van der Waals surface area contributed by atoms with Crippen molar-refractivity contribution in [3.8, 4) is 0 Å². The Kier molecular flexibility index (Phi) is 14.1. The molecule has 1 saturated heterocycles. The van der Waals surface area contributed by atoms with Crippen LogP contribution < -0.4 is 10.6 Å². The van der Waals surface area contributed by atoms with Crippen LogP contribution in [0.5, 0.6) is 0 Å². The predicted octanol–water partition coefficient (Wildman–Crippen LogP) is 5.97. The van der Waals surface area contributed by atoms with Crippen LogP contribution in [-0.4, -0.2) is 46.9 Å². The Bertz CT molecular complexity index is 1040. The zero-order valence-electron chi connectivity index (χ0n) is 24.8. The van der Waals surface area contributed by atoms with Gasteiger partial charge in [-0.05, 0) is 49.7 Å². The Morgan fingerprint density at radius 2 is 1.62 bits per heavy atom. The number of alkyl halides is 3. The fourth-order valence-electron chi connectivity index (χ4n) is 4.53. The molecule has 2 N–H and O–H groups in total. The maximum absolute atomic E-state index is 13.0. The van der Waals surface area contributed by atoms with Crippen LogP contribution in [0.25, 0.3) is 0 Å². The number of oxazole rings is 1. The summed E-state index contributed by atoms with van der Waals surface area (Å²) in [4.78, 5) is 30.7. The molecule has 2 amide bonds. The van der Waals surface area contributed by atoms with Crippen LogP contribution >= 0.6 is 0 Å². The van der Waals surface area contributed by atoms with Crippen molar-refractivity contribution in [2.24, 2.45) is 11.8 Å². The van der Waals surface area contributed by atoms with E-state index in [0.717, 1.165) is 25.0 Å². The van der Waals surface area contributed by atoms with Crippen LogP contribution in [0, 0.1) is 11.8 Å². The van der Waals surface area contributed by atoms with Crippen LogP contribution in [0.2, 0.25) is 0 Å². The van der Waals surface area contributed by atoms with E-state index in [-0.39, 0.29) is 36.1 Å². The molecule has 10 heteroatoms. The van der Waals surface area contributed by atoms with E-state index in [1.807, 2.05) is 26.0 Å². The van der Waals surface area contributed by atoms with E-state index in [1.165, 1.54) is 11.1 Å². The highest BCUT2D eigenvalue weighted by Gasteiger charge is 2.42. The molecule has 0 spiro atoms. The molecule has 1 aromatic carbocycles. The molecule has 2 atom stereocenters. The van der Waals surface area contributed by atoms with Gasteiger partial charge in [0.2, 0.25) is 11.8 Å². The lowest BCUT2D eigenvalue weighted by Gasteiger charge is -2.39. The molecule has 1 aliphatic carbocycles. The minimum atomic E-state index is -4.77. The van der Waals surface area contributed by atoms with Crippen LogP contribution in [-0.2, 0) is 28.6 Å². The molecule has 224 valence electrons. The third kappa shape index (κ3) is 10.1. The van der Waals surface area contributed by atoms with Crippen molar-refractivity contribution in [2.75, 3.05) is 13.1 Å². The number of rotatable bonds is 5. The quantitative estimate of drug-likeness (QED) is 0.436.